The molecule has 1 aromatic heterocycles. The molecule has 3 saturated heterocycles. The van der Waals surface area contributed by atoms with Gasteiger partial charge in [-0.15, -0.1) is 0 Å². The van der Waals surface area contributed by atoms with Crippen LogP contribution in [-0.2, 0) is 10.2 Å². The van der Waals surface area contributed by atoms with Crippen molar-refractivity contribution in [3.05, 3.63) is 66.0 Å². The summed E-state index contributed by atoms with van der Waals surface area (Å²) < 4.78 is 8.21. The number of aromatic nitrogens is 2. The number of imidazole rings is 1. The first-order valence-electron chi connectivity index (χ1n) is 15.5. The van der Waals surface area contributed by atoms with Crippen molar-refractivity contribution in [2.24, 2.45) is 0 Å². The highest BCUT2D eigenvalue weighted by Crippen LogP contribution is 2.44. The minimum Gasteiger partial charge on any atom is -0.444 e. The number of para-hydroxylation sites is 2. The molecule has 3 aromatic rings. The summed E-state index contributed by atoms with van der Waals surface area (Å²) in [5.74, 6) is 1.15. The number of nitrogens with zero attached hydrogens (tertiary/aromatic N) is 4. The van der Waals surface area contributed by atoms with Gasteiger partial charge in [-0.2, -0.15) is 0 Å². The van der Waals surface area contributed by atoms with Crippen molar-refractivity contribution < 1.29 is 9.53 Å². The maximum atomic E-state index is 12.8. The predicted octanol–water partition coefficient (Wildman–Crippen LogP) is 7.26. The van der Waals surface area contributed by atoms with E-state index in [1.165, 1.54) is 56.1 Å². The van der Waals surface area contributed by atoms with E-state index in [9.17, 15) is 4.79 Å². The highest BCUT2D eigenvalue weighted by molar-refractivity contribution is 5.76. The number of hydrogen-bond donors (Lipinski definition) is 0. The second kappa shape index (κ2) is 10.8. The van der Waals surface area contributed by atoms with Crippen LogP contribution < -0.4 is 0 Å². The van der Waals surface area contributed by atoms with Crippen LogP contribution in [0.25, 0.3) is 11.0 Å². The molecule has 3 aliphatic rings. The molecule has 6 heteroatoms. The van der Waals surface area contributed by atoms with Crippen molar-refractivity contribution in [2.75, 3.05) is 19.6 Å². The Kier molecular flexibility index (Phi) is 7.41. The maximum absolute atomic E-state index is 12.8. The maximum Gasteiger partial charge on any atom is 0.410 e. The number of ether oxygens (including phenoxy) is 1. The largest absolute Gasteiger partial charge is 0.444 e. The second-order valence-electron chi connectivity index (χ2n) is 13.5. The number of rotatable bonds is 6. The molecule has 1 amide bonds. The monoisotopic (exact) mass is 542 g/mol. The van der Waals surface area contributed by atoms with Gasteiger partial charge in [0.05, 0.1) is 11.0 Å². The highest BCUT2D eigenvalue weighted by Gasteiger charge is 2.43. The predicted molar refractivity (Wildman–Crippen MR) is 161 cm³/mol. The summed E-state index contributed by atoms with van der Waals surface area (Å²) in [5, 5.41) is 0. The van der Waals surface area contributed by atoms with Crippen LogP contribution in [0.3, 0.4) is 0 Å². The normalized spacial score (nSPS) is 24.9. The number of amides is 1. The first-order valence-corrected chi connectivity index (χ1v) is 15.5. The van der Waals surface area contributed by atoms with E-state index < -0.39 is 5.60 Å². The summed E-state index contributed by atoms with van der Waals surface area (Å²) in [6, 6.07) is 21.6. The number of carbonyl (C=O) groups excluding carboxylic acids is 1. The van der Waals surface area contributed by atoms with E-state index >= 15 is 0 Å². The Morgan fingerprint density at radius 2 is 1.60 bits per heavy atom. The van der Waals surface area contributed by atoms with Gasteiger partial charge in [-0.25, -0.2) is 9.78 Å². The van der Waals surface area contributed by atoms with Crippen molar-refractivity contribution in [1.29, 1.82) is 0 Å². The first kappa shape index (κ1) is 27.3. The molecule has 3 aliphatic heterocycles. The van der Waals surface area contributed by atoms with Gasteiger partial charge in [0.15, 0.2) is 0 Å². The van der Waals surface area contributed by atoms with Crippen LogP contribution in [0, 0.1) is 6.92 Å². The number of fused-ring (bicyclic) bond motifs is 3. The molecule has 4 heterocycles. The lowest BCUT2D eigenvalue weighted by Gasteiger charge is -2.44. The molecule has 0 N–H and O–H groups in total. The number of hydrogen-bond acceptors (Lipinski definition) is 4. The zero-order chi connectivity index (χ0) is 27.9. The molecule has 3 fully saturated rings. The van der Waals surface area contributed by atoms with E-state index in [1.807, 2.05) is 25.7 Å². The summed E-state index contributed by atoms with van der Waals surface area (Å²) in [6.45, 7) is 10.7. The van der Waals surface area contributed by atoms with Gasteiger partial charge < -0.3 is 14.2 Å². The standard InChI is InChI=1S/C34H46N4O2/c1-25-35-30-13-8-9-14-31(30)38(25)29-23-27-15-16-28(24-29)37(27)20-10-17-34(26-11-6-5-7-12-26)18-21-36(22-19-34)32(39)40-33(2,3)4/h5-9,11-14,27-29H,10,15-24H2,1-4H3/t27-,28-/m1/s1. The van der Waals surface area contributed by atoms with Crippen LogP contribution in [0.1, 0.15) is 89.6 Å². The second-order valence-corrected chi connectivity index (χ2v) is 13.5. The highest BCUT2D eigenvalue weighted by atomic mass is 16.6. The lowest BCUT2D eigenvalue weighted by molar-refractivity contribution is 0.0153. The van der Waals surface area contributed by atoms with Crippen LogP contribution in [0.4, 0.5) is 4.79 Å². The Labute approximate surface area is 239 Å². The Morgan fingerprint density at radius 1 is 0.950 bits per heavy atom. The molecule has 6 rings (SSSR count). The van der Waals surface area contributed by atoms with Gasteiger partial charge in [0, 0.05) is 31.2 Å². The first-order chi connectivity index (χ1) is 19.2. The number of benzene rings is 2. The van der Waals surface area contributed by atoms with Crippen molar-refractivity contribution in [2.45, 2.75) is 108 Å². The van der Waals surface area contributed by atoms with Gasteiger partial charge in [0.1, 0.15) is 11.4 Å². The topological polar surface area (TPSA) is 50.6 Å². The fraction of sp³-hybridized carbons (Fsp3) is 0.588. The third kappa shape index (κ3) is 5.39. The molecule has 2 bridgehead atoms. The van der Waals surface area contributed by atoms with Crippen LogP contribution in [0.15, 0.2) is 54.6 Å². The molecular formula is C34H46N4O2. The zero-order valence-electron chi connectivity index (χ0n) is 24.8. The molecule has 0 unspecified atom stereocenters. The Balaban J connectivity index is 1.10. The van der Waals surface area contributed by atoms with Crippen LogP contribution in [0.2, 0.25) is 0 Å². The smallest absolute Gasteiger partial charge is 0.410 e. The minimum atomic E-state index is -0.457. The van der Waals surface area contributed by atoms with E-state index in [0.717, 1.165) is 37.3 Å². The van der Waals surface area contributed by atoms with Crippen LogP contribution >= 0.6 is 0 Å². The Hall–Kier alpha value is -2.86. The summed E-state index contributed by atoms with van der Waals surface area (Å²) in [6.07, 6.45) is 9.29. The molecule has 2 atom stereocenters. The molecule has 2 aromatic carbocycles. The van der Waals surface area contributed by atoms with Crippen molar-refractivity contribution in [3.63, 3.8) is 0 Å². The lowest BCUT2D eigenvalue weighted by atomic mass is 9.69. The van der Waals surface area contributed by atoms with Crippen LogP contribution in [-0.4, -0.2) is 62.8 Å². The Bertz CT molecular complexity index is 1300. The van der Waals surface area contributed by atoms with Gasteiger partial charge in [-0.1, -0.05) is 42.5 Å². The van der Waals surface area contributed by atoms with Crippen LogP contribution in [0.5, 0.6) is 0 Å². The SMILES string of the molecule is Cc1nc2ccccc2n1C1C[C@H]2CC[C@H](C1)N2CCCC1(c2ccccc2)CCN(C(=O)OC(C)(C)C)CC1. The number of carbonyl (C=O) groups is 1. The van der Waals surface area contributed by atoms with Crippen molar-refractivity contribution in [3.8, 4) is 0 Å². The number of aryl methyl sites for hydroxylation is 1. The third-order valence-corrected chi connectivity index (χ3v) is 9.83. The average molecular weight is 543 g/mol. The summed E-state index contributed by atoms with van der Waals surface area (Å²) in [7, 11) is 0. The lowest BCUT2D eigenvalue weighted by Crippen LogP contribution is -2.47. The zero-order valence-corrected chi connectivity index (χ0v) is 24.8. The van der Waals surface area contributed by atoms with E-state index in [2.05, 4.69) is 71.0 Å². The average Bonchev–Trinajstić information content (AvgIpc) is 3.38. The number of likely N-dealkylation sites (tertiary alicyclic amines) is 1. The van der Waals surface area contributed by atoms with E-state index in [4.69, 9.17) is 9.72 Å². The molecule has 214 valence electrons. The third-order valence-electron chi connectivity index (χ3n) is 9.83. The molecule has 0 aliphatic carbocycles. The molecule has 0 spiro atoms. The Morgan fingerprint density at radius 3 is 2.27 bits per heavy atom. The summed E-state index contributed by atoms with van der Waals surface area (Å²) in [5.41, 5.74) is 3.52. The fourth-order valence-corrected chi connectivity index (χ4v) is 7.97. The molecular weight excluding hydrogens is 496 g/mol. The fourth-order valence-electron chi connectivity index (χ4n) is 7.97. The van der Waals surface area contributed by atoms with E-state index in [1.54, 1.807) is 0 Å². The van der Waals surface area contributed by atoms with Crippen molar-refractivity contribution >= 4 is 17.1 Å². The molecule has 6 nitrogen and oxygen atoms in total. The van der Waals surface area contributed by atoms with E-state index in [-0.39, 0.29) is 11.5 Å². The molecule has 0 saturated carbocycles. The molecule has 40 heavy (non-hydrogen) atoms. The number of piperidine rings is 2. The summed E-state index contributed by atoms with van der Waals surface area (Å²) >= 11 is 0. The minimum absolute atomic E-state index is 0.129. The van der Waals surface area contributed by atoms with Gasteiger partial charge in [-0.3, -0.25) is 4.90 Å². The quantitative estimate of drug-likeness (QED) is 0.329. The van der Waals surface area contributed by atoms with Gasteiger partial charge in [0.25, 0.3) is 0 Å². The van der Waals surface area contributed by atoms with Gasteiger partial charge in [0.2, 0.25) is 0 Å². The molecule has 0 radical (unpaired) electrons. The van der Waals surface area contributed by atoms with Crippen molar-refractivity contribution in [1.82, 2.24) is 19.4 Å². The van der Waals surface area contributed by atoms with Gasteiger partial charge >= 0.3 is 6.09 Å². The van der Waals surface area contributed by atoms with Gasteiger partial charge in [-0.05, 0) is 109 Å². The summed E-state index contributed by atoms with van der Waals surface area (Å²) in [4.78, 5) is 22.4. The van der Waals surface area contributed by atoms with E-state index in [0.29, 0.717) is 18.1 Å².